The predicted molar refractivity (Wildman–Crippen MR) is 56.2 cm³/mol. The van der Waals surface area contributed by atoms with Crippen LogP contribution >= 0.6 is 0 Å². The Morgan fingerprint density at radius 1 is 1.36 bits per heavy atom. The molecule has 0 heterocycles. The molecule has 1 saturated carbocycles. The van der Waals surface area contributed by atoms with Crippen LogP contribution < -0.4 is 0 Å². The summed E-state index contributed by atoms with van der Waals surface area (Å²) in [5.74, 6) is 0.809. The first-order chi connectivity index (χ1) is 6.43. The van der Waals surface area contributed by atoms with E-state index in [1.165, 1.54) is 0 Å². The molecule has 1 fully saturated rings. The Hall–Kier alpha value is -0.570. The van der Waals surface area contributed by atoms with Crippen molar-refractivity contribution in [2.45, 2.75) is 45.7 Å². The van der Waals surface area contributed by atoms with Gasteiger partial charge in [-0.05, 0) is 38.6 Å². The van der Waals surface area contributed by atoms with Crippen LogP contribution in [-0.4, -0.2) is 35.1 Å². The number of nitrogens with zero attached hydrogens (tertiary/aromatic N) is 1. The topological polar surface area (TPSA) is 40.5 Å². The second-order valence-corrected chi connectivity index (χ2v) is 4.81. The Morgan fingerprint density at radius 3 is 2.21 bits per heavy atom. The Morgan fingerprint density at radius 2 is 1.86 bits per heavy atom. The number of hydrogen-bond donors (Lipinski definition) is 1. The number of carboxylic acids is 1. The van der Waals surface area contributed by atoms with Gasteiger partial charge in [-0.2, -0.15) is 0 Å². The number of hydrogen-bond acceptors (Lipinski definition) is 2. The van der Waals surface area contributed by atoms with Crippen molar-refractivity contribution in [2.75, 3.05) is 7.05 Å². The minimum Gasteiger partial charge on any atom is -0.480 e. The summed E-state index contributed by atoms with van der Waals surface area (Å²) in [6.07, 6.45) is 2.32. The monoisotopic (exact) mass is 199 g/mol. The summed E-state index contributed by atoms with van der Waals surface area (Å²) in [7, 11) is 1.92. The molecule has 0 radical (unpaired) electrons. The fraction of sp³-hybridized carbons (Fsp3) is 0.909. The number of likely N-dealkylation sites (N-methyl/N-ethyl adjacent to an activating group) is 1. The van der Waals surface area contributed by atoms with E-state index < -0.39 is 5.97 Å². The van der Waals surface area contributed by atoms with E-state index >= 15 is 0 Å². The quantitative estimate of drug-likeness (QED) is 0.751. The minimum atomic E-state index is -0.722. The van der Waals surface area contributed by atoms with Gasteiger partial charge in [0.15, 0.2) is 0 Å². The van der Waals surface area contributed by atoms with E-state index in [0.717, 1.165) is 24.7 Å². The van der Waals surface area contributed by atoms with Crippen LogP contribution in [0.2, 0.25) is 0 Å². The number of rotatable bonds is 4. The first-order valence-corrected chi connectivity index (χ1v) is 5.38. The molecule has 0 aromatic heterocycles. The van der Waals surface area contributed by atoms with Crippen LogP contribution in [0.5, 0.6) is 0 Å². The molecule has 1 aliphatic rings. The molecule has 82 valence electrons. The van der Waals surface area contributed by atoms with Gasteiger partial charge in [-0.15, -0.1) is 0 Å². The molecule has 0 saturated heterocycles. The minimum absolute atomic E-state index is 0.354. The zero-order valence-corrected chi connectivity index (χ0v) is 9.53. The standard InChI is InChI=1S/C11H21NO2/c1-7(2)9-5-10(6-9)12(4)8(3)11(13)14/h7-10H,5-6H2,1-4H3,(H,13,14). The zero-order valence-electron chi connectivity index (χ0n) is 9.53. The van der Waals surface area contributed by atoms with E-state index in [-0.39, 0.29) is 6.04 Å². The van der Waals surface area contributed by atoms with Crippen molar-refractivity contribution in [1.29, 1.82) is 0 Å². The highest BCUT2D eigenvalue weighted by molar-refractivity contribution is 5.72. The molecule has 0 bridgehead atoms. The number of aliphatic carboxylic acids is 1. The van der Waals surface area contributed by atoms with Gasteiger partial charge in [0.1, 0.15) is 6.04 Å². The van der Waals surface area contributed by atoms with E-state index in [9.17, 15) is 4.79 Å². The van der Waals surface area contributed by atoms with Crippen molar-refractivity contribution in [3.05, 3.63) is 0 Å². The van der Waals surface area contributed by atoms with Crippen LogP contribution in [0.4, 0.5) is 0 Å². The van der Waals surface area contributed by atoms with E-state index in [1.807, 2.05) is 11.9 Å². The summed E-state index contributed by atoms with van der Waals surface area (Å²) in [5, 5.41) is 8.85. The van der Waals surface area contributed by atoms with Crippen LogP contribution in [0.3, 0.4) is 0 Å². The highest BCUT2D eigenvalue weighted by atomic mass is 16.4. The maximum Gasteiger partial charge on any atom is 0.320 e. The van der Waals surface area contributed by atoms with Gasteiger partial charge in [0.25, 0.3) is 0 Å². The van der Waals surface area contributed by atoms with Gasteiger partial charge in [0, 0.05) is 6.04 Å². The van der Waals surface area contributed by atoms with Crippen LogP contribution in [0.25, 0.3) is 0 Å². The molecule has 0 amide bonds. The van der Waals surface area contributed by atoms with Crippen LogP contribution in [0, 0.1) is 11.8 Å². The molecule has 1 aliphatic carbocycles. The second kappa shape index (κ2) is 4.30. The molecule has 0 aromatic rings. The summed E-state index contributed by atoms with van der Waals surface area (Å²) in [5.41, 5.74) is 0. The first-order valence-electron chi connectivity index (χ1n) is 5.38. The average Bonchev–Trinajstić information content (AvgIpc) is 1.98. The van der Waals surface area contributed by atoms with Gasteiger partial charge in [-0.3, -0.25) is 9.69 Å². The summed E-state index contributed by atoms with van der Waals surface area (Å²) in [6, 6.07) is 0.126. The SMILES string of the molecule is CC(C)C1CC(N(C)C(C)C(=O)O)C1. The van der Waals surface area contributed by atoms with E-state index in [2.05, 4.69) is 13.8 Å². The molecule has 3 heteroatoms. The summed E-state index contributed by atoms with van der Waals surface area (Å²) < 4.78 is 0. The molecule has 1 N–H and O–H groups in total. The maximum atomic E-state index is 10.8. The Bertz CT molecular complexity index is 209. The fourth-order valence-electron chi connectivity index (χ4n) is 2.00. The van der Waals surface area contributed by atoms with Crippen molar-refractivity contribution in [2.24, 2.45) is 11.8 Å². The molecule has 0 aliphatic heterocycles. The van der Waals surface area contributed by atoms with Crippen LogP contribution in [-0.2, 0) is 4.79 Å². The normalized spacial score (nSPS) is 29.0. The zero-order chi connectivity index (χ0) is 10.9. The summed E-state index contributed by atoms with van der Waals surface area (Å²) >= 11 is 0. The maximum absolute atomic E-state index is 10.8. The lowest BCUT2D eigenvalue weighted by Crippen LogP contribution is -2.50. The third kappa shape index (κ3) is 2.27. The lowest BCUT2D eigenvalue weighted by Gasteiger charge is -2.44. The third-order valence-electron chi connectivity index (χ3n) is 3.64. The van der Waals surface area contributed by atoms with Crippen molar-refractivity contribution in [3.63, 3.8) is 0 Å². The van der Waals surface area contributed by atoms with Crippen molar-refractivity contribution >= 4 is 5.97 Å². The van der Waals surface area contributed by atoms with Gasteiger partial charge < -0.3 is 5.11 Å². The average molecular weight is 199 g/mol. The van der Waals surface area contributed by atoms with E-state index in [0.29, 0.717) is 6.04 Å². The third-order valence-corrected chi connectivity index (χ3v) is 3.64. The Kier molecular flexibility index (Phi) is 3.53. The highest BCUT2D eigenvalue weighted by Gasteiger charge is 2.36. The van der Waals surface area contributed by atoms with Crippen molar-refractivity contribution < 1.29 is 9.90 Å². The largest absolute Gasteiger partial charge is 0.480 e. The number of carboxylic acid groups (broad SMARTS) is 1. The number of carbonyl (C=O) groups is 1. The molecule has 14 heavy (non-hydrogen) atoms. The second-order valence-electron chi connectivity index (χ2n) is 4.81. The lowest BCUT2D eigenvalue weighted by molar-refractivity contribution is -0.144. The van der Waals surface area contributed by atoms with Crippen molar-refractivity contribution in [1.82, 2.24) is 4.90 Å². The van der Waals surface area contributed by atoms with Crippen LogP contribution in [0.1, 0.15) is 33.6 Å². The highest BCUT2D eigenvalue weighted by Crippen LogP contribution is 2.36. The predicted octanol–water partition coefficient (Wildman–Crippen LogP) is 1.83. The Balaban J connectivity index is 2.36. The smallest absolute Gasteiger partial charge is 0.320 e. The molecule has 0 spiro atoms. The first kappa shape index (κ1) is 11.5. The molecule has 3 nitrogen and oxygen atoms in total. The van der Waals surface area contributed by atoms with Gasteiger partial charge in [-0.1, -0.05) is 13.8 Å². The Labute approximate surface area is 86.1 Å². The molecule has 1 atom stereocenters. The molecular formula is C11H21NO2. The molecule has 0 aromatic carbocycles. The van der Waals surface area contributed by atoms with Crippen LogP contribution in [0.15, 0.2) is 0 Å². The van der Waals surface area contributed by atoms with Crippen molar-refractivity contribution in [3.8, 4) is 0 Å². The lowest BCUT2D eigenvalue weighted by atomic mass is 9.73. The van der Waals surface area contributed by atoms with E-state index in [4.69, 9.17) is 5.11 Å². The molecular weight excluding hydrogens is 178 g/mol. The molecule has 1 rings (SSSR count). The molecule has 1 unspecified atom stereocenters. The van der Waals surface area contributed by atoms with E-state index in [1.54, 1.807) is 6.92 Å². The fourth-order valence-corrected chi connectivity index (χ4v) is 2.00. The van der Waals surface area contributed by atoms with Gasteiger partial charge >= 0.3 is 5.97 Å². The summed E-state index contributed by atoms with van der Waals surface area (Å²) in [4.78, 5) is 12.7. The van der Waals surface area contributed by atoms with Gasteiger partial charge in [-0.25, -0.2) is 0 Å². The summed E-state index contributed by atoms with van der Waals surface area (Å²) in [6.45, 7) is 6.23. The van der Waals surface area contributed by atoms with Gasteiger partial charge in [0.2, 0.25) is 0 Å². The van der Waals surface area contributed by atoms with Gasteiger partial charge in [0.05, 0.1) is 0 Å².